The number of hydrogen-bond donors (Lipinski definition) is 1. The number of hydrogen-bond acceptors (Lipinski definition) is 10. The summed E-state index contributed by atoms with van der Waals surface area (Å²) in [6.45, 7) is 14.4. The lowest BCUT2D eigenvalue weighted by atomic mass is 9.93. The molecule has 0 radical (unpaired) electrons. The largest absolute Gasteiger partial charge is 0.384 e. The van der Waals surface area contributed by atoms with Crippen molar-refractivity contribution in [2.45, 2.75) is 96.8 Å². The van der Waals surface area contributed by atoms with Crippen LogP contribution in [0.15, 0.2) is 134 Å². The van der Waals surface area contributed by atoms with Gasteiger partial charge >= 0.3 is 0 Å². The van der Waals surface area contributed by atoms with Crippen molar-refractivity contribution in [1.29, 1.82) is 0 Å². The third-order valence-corrected chi connectivity index (χ3v) is 14.3. The minimum Gasteiger partial charge on any atom is -0.384 e. The van der Waals surface area contributed by atoms with Crippen molar-refractivity contribution in [2.24, 2.45) is 0 Å². The molecule has 1 saturated carbocycles. The highest BCUT2D eigenvalue weighted by Gasteiger charge is 2.31. The van der Waals surface area contributed by atoms with Gasteiger partial charge in [-0.25, -0.2) is 9.97 Å². The summed E-state index contributed by atoms with van der Waals surface area (Å²) in [4.78, 5) is 23.5. The van der Waals surface area contributed by atoms with E-state index in [1.54, 1.807) is 12.4 Å². The second-order valence-corrected chi connectivity index (χ2v) is 19.0. The Labute approximate surface area is 401 Å². The average Bonchev–Trinajstić information content (AvgIpc) is 3.92. The number of nitrogens with two attached hydrogens (primary N) is 1. The van der Waals surface area contributed by atoms with Gasteiger partial charge in [-0.2, -0.15) is 10.2 Å². The van der Waals surface area contributed by atoms with Crippen LogP contribution in [-0.2, 0) is 25.7 Å². The van der Waals surface area contributed by atoms with Crippen LogP contribution in [-0.4, -0.2) is 85.9 Å². The highest BCUT2D eigenvalue weighted by Crippen LogP contribution is 2.37. The van der Waals surface area contributed by atoms with Gasteiger partial charge in [-0.15, -0.1) is 0 Å². The molecule has 350 valence electrons. The zero-order chi connectivity index (χ0) is 46.6. The van der Waals surface area contributed by atoms with E-state index in [2.05, 4.69) is 175 Å². The summed E-state index contributed by atoms with van der Waals surface area (Å²) in [5, 5.41) is 12.5. The van der Waals surface area contributed by atoms with Gasteiger partial charge in [0.05, 0.1) is 46.7 Å². The maximum absolute atomic E-state index is 6.05. The molecule has 12 nitrogen and oxygen atoms in total. The van der Waals surface area contributed by atoms with Crippen molar-refractivity contribution >= 4 is 50.6 Å². The highest BCUT2D eigenvalue weighted by atomic mass is 15.3. The van der Waals surface area contributed by atoms with Gasteiger partial charge < -0.3 is 25.3 Å². The van der Waals surface area contributed by atoms with Crippen LogP contribution in [0.3, 0.4) is 0 Å². The first kappa shape index (κ1) is 44.9. The van der Waals surface area contributed by atoms with Crippen LogP contribution in [0.4, 0.5) is 28.8 Å². The molecule has 6 heterocycles. The molecule has 0 amide bonds. The van der Waals surface area contributed by atoms with E-state index in [4.69, 9.17) is 15.9 Å². The molecular formula is C56H66N12. The van der Waals surface area contributed by atoms with Gasteiger partial charge in [0.15, 0.2) is 0 Å². The lowest BCUT2D eigenvalue weighted by Gasteiger charge is -2.43. The number of fused-ring (bicyclic) bond motifs is 2. The van der Waals surface area contributed by atoms with Crippen LogP contribution in [0.25, 0.3) is 21.8 Å². The first-order valence-electron chi connectivity index (χ1n) is 24.9. The minimum absolute atomic E-state index is 0.305. The summed E-state index contributed by atoms with van der Waals surface area (Å²) < 4.78 is 4.49. The number of benzene rings is 4. The molecule has 0 spiro atoms. The van der Waals surface area contributed by atoms with Crippen molar-refractivity contribution in [3.05, 3.63) is 156 Å². The number of pyridine rings is 1. The topological polar surface area (TPSA) is 113 Å². The molecule has 8 aromatic rings. The summed E-state index contributed by atoms with van der Waals surface area (Å²) in [7, 11) is 0. The molecular weight excluding hydrogens is 841 g/mol. The predicted molar refractivity (Wildman–Crippen MR) is 279 cm³/mol. The molecule has 2 unspecified atom stereocenters. The minimum atomic E-state index is 0.305. The maximum atomic E-state index is 6.05. The third kappa shape index (κ3) is 9.46. The fourth-order valence-corrected chi connectivity index (χ4v) is 10.5. The zero-order valence-electron chi connectivity index (χ0n) is 40.2. The molecule has 12 heteroatoms. The van der Waals surface area contributed by atoms with Crippen LogP contribution in [0.1, 0.15) is 81.6 Å². The summed E-state index contributed by atoms with van der Waals surface area (Å²) in [5.41, 5.74) is 16.2. The fraction of sp³-hybridized carbons (Fsp3) is 0.375. The van der Waals surface area contributed by atoms with Crippen molar-refractivity contribution in [1.82, 2.24) is 34.5 Å². The molecule has 68 heavy (non-hydrogen) atoms. The van der Waals surface area contributed by atoms with E-state index in [1.807, 2.05) is 18.3 Å². The number of nitrogen functional groups attached to an aromatic ring is 1. The lowest BCUT2D eigenvalue weighted by Crippen LogP contribution is -2.54. The number of nitrogens with zero attached hydrogens (tertiary/aromatic N) is 11. The first-order valence-corrected chi connectivity index (χ1v) is 24.9. The highest BCUT2D eigenvalue weighted by molar-refractivity contribution is 5.87. The van der Waals surface area contributed by atoms with E-state index in [0.717, 1.165) is 76.6 Å². The van der Waals surface area contributed by atoms with Crippen LogP contribution < -0.4 is 25.3 Å². The molecule has 3 fully saturated rings. The summed E-state index contributed by atoms with van der Waals surface area (Å²) in [6, 6.07) is 42.8. The zero-order valence-corrected chi connectivity index (χ0v) is 40.2. The van der Waals surface area contributed by atoms with E-state index in [9.17, 15) is 0 Å². The van der Waals surface area contributed by atoms with Gasteiger partial charge in [0.1, 0.15) is 17.5 Å². The van der Waals surface area contributed by atoms with E-state index in [-0.39, 0.29) is 0 Å². The average molecular weight is 907 g/mol. The smallest absolute Gasteiger partial charge is 0.147 e. The maximum Gasteiger partial charge on any atom is 0.147 e. The summed E-state index contributed by atoms with van der Waals surface area (Å²) in [5.74, 6) is 2.50. The van der Waals surface area contributed by atoms with E-state index in [1.165, 1.54) is 75.0 Å². The van der Waals surface area contributed by atoms with Crippen LogP contribution in [0.2, 0.25) is 0 Å². The third-order valence-electron chi connectivity index (χ3n) is 14.3. The molecule has 2 atom stereocenters. The Morgan fingerprint density at radius 2 is 1.21 bits per heavy atom. The second-order valence-electron chi connectivity index (χ2n) is 19.0. The molecule has 2 aliphatic heterocycles. The molecule has 3 aliphatic rings. The van der Waals surface area contributed by atoms with E-state index in [0.29, 0.717) is 30.0 Å². The molecule has 2 N–H and O–H groups in total. The van der Waals surface area contributed by atoms with Crippen molar-refractivity contribution in [3.8, 4) is 0 Å². The van der Waals surface area contributed by atoms with Gasteiger partial charge in [-0.1, -0.05) is 80.6 Å². The van der Waals surface area contributed by atoms with Crippen LogP contribution >= 0.6 is 0 Å². The molecule has 4 aromatic carbocycles. The molecule has 0 bridgehead atoms. The van der Waals surface area contributed by atoms with E-state index >= 15 is 0 Å². The quantitative estimate of drug-likeness (QED) is 0.127. The number of piperazine rings is 2. The van der Waals surface area contributed by atoms with Crippen LogP contribution in [0, 0.1) is 0 Å². The normalized spacial score (nSPS) is 17.7. The Balaban J connectivity index is 0.000000159. The SMILES string of the molecule is CCc1nn(C(C)C)c2cc(N3CCN(c4cnccn4)C(Cc4ccccc4)C3)ccc12.CCc1nn(C2CCC2)c2cc(N3CCN(c4cccc(N)n4)C(Cc4ccccc4)C3)ccc12. The van der Waals surface area contributed by atoms with Gasteiger partial charge in [-0.05, 0) is 118 Å². The first-order chi connectivity index (χ1) is 33.3. The second kappa shape index (κ2) is 20.1. The van der Waals surface area contributed by atoms with E-state index < -0.39 is 0 Å². The number of aromatic nitrogens is 7. The summed E-state index contributed by atoms with van der Waals surface area (Å²) >= 11 is 0. The number of rotatable bonds is 12. The number of anilines is 5. The predicted octanol–water partition coefficient (Wildman–Crippen LogP) is 10.1. The van der Waals surface area contributed by atoms with Gasteiger partial charge in [0.2, 0.25) is 0 Å². The lowest BCUT2D eigenvalue weighted by molar-refractivity contribution is 0.296. The standard InChI is InChI=1S/C29H34N6.C27H32N6/c1-2-26-25-15-14-23(19-27(25)35(32-26)22-10-6-11-22)33-16-17-34(29-13-7-12-28(30)31-29)24(20-33)18-21-8-4-3-5-9-21;1-4-25-24-11-10-22(17-26(24)33(30-25)20(2)3)31-14-15-32(27-18-28-12-13-29-27)23(19-31)16-21-8-6-5-7-9-21/h3-5,7-9,12-15,19,22,24H,2,6,10-11,16-18,20H2,1H3,(H2,30,31);5-13,17-18,20,23H,4,14-16,19H2,1-3H3. The Hall–Kier alpha value is -6.95. The van der Waals surface area contributed by atoms with Gasteiger partial charge in [0, 0.05) is 79.9 Å². The molecule has 11 rings (SSSR count). The van der Waals surface area contributed by atoms with Gasteiger partial charge in [0.25, 0.3) is 0 Å². The monoisotopic (exact) mass is 907 g/mol. The Morgan fingerprint density at radius 1 is 0.618 bits per heavy atom. The fourth-order valence-electron chi connectivity index (χ4n) is 10.5. The molecule has 4 aromatic heterocycles. The number of aryl methyl sites for hydroxylation is 2. The van der Waals surface area contributed by atoms with Crippen molar-refractivity contribution < 1.29 is 0 Å². The van der Waals surface area contributed by atoms with Crippen molar-refractivity contribution in [2.75, 3.05) is 64.6 Å². The Bertz CT molecular complexity index is 2910. The molecule has 1 aliphatic carbocycles. The van der Waals surface area contributed by atoms with Crippen LogP contribution in [0.5, 0.6) is 0 Å². The van der Waals surface area contributed by atoms with Crippen molar-refractivity contribution in [3.63, 3.8) is 0 Å². The Kier molecular flexibility index (Phi) is 13.3. The molecule has 2 saturated heterocycles. The Morgan fingerprint density at radius 3 is 1.75 bits per heavy atom. The summed E-state index contributed by atoms with van der Waals surface area (Å²) in [6.07, 6.45) is 13.1. The van der Waals surface area contributed by atoms with Gasteiger partial charge in [-0.3, -0.25) is 14.3 Å².